The number of esters is 1. The van der Waals surface area contributed by atoms with E-state index in [1.807, 2.05) is 26.0 Å². The predicted octanol–water partition coefficient (Wildman–Crippen LogP) is 5.43. The van der Waals surface area contributed by atoms with Gasteiger partial charge in [-0.2, -0.15) is 0 Å². The number of hydrogen-bond acceptors (Lipinski definition) is 4. The zero-order chi connectivity index (χ0) is 22.8. The van der Waals surface area contributed by atoms with E-state index in [0.717, 1.165) is 31.6 Å². The summed E-state index contributed by atoms with van der Waals surface area (Å²) < 4.78 is 10.3. The molecule has 1 atom stereocenters. The van der Waals surface area contributed by atoms with E-state index in [2.05, 4.69) is 17.4 Å². The highest BCUT2D eigenvalue weighted by molar-refractivity contribution is 6.39. The number of hydrogen-bond donors (Lipinski definition) is 1. The van der Waals surface area contributed by atoms with Gasteiger partial charge < -0.3 is 14.8 Å². The third-order valence-electron chi connectivity index (χ3n) is 5.09. The molecule has 1 fully saturated rings. The lowest BCUT2D eigenvalue weighted by Gasteiger charge is -2.23. The van der Waals surface area contributed by atoms with E-state index < -0.39 is 17.9 Å². The number of rotatable bonds is 6. The Morgan fingerprint density at radius 3 is 2.19 bits per heavy atom. The second-order valence-corrected chi connectivity index (χ2v) is 7.79. The fourth-order valence-electron chi connectivity index (χ4n) is 3.47. The number of ether oxygens (including phenoxy) is 2. The van der Waals surface area contributed by atoms with Gasteiger partial charge in [-0.1, -0.05) is 67.4 Å². The van der Waals surface area contributed by atoms with Crippen LogP contribution in [-0.4, -0.2) is 38.2 Å². The standard InChI is InChI=1S/C22H23Cl2NO4.C2H6/c1-28-22(27)19(25-21(26)20-17(23)3-2-4-18(20)24)13-14-5-7-15(8-6-14)16-9-11-29-12-10-16;1-2/h2-8,16,19H,9-13H2,1H3,(H,25,26);1-2H3. The van der Waals surface area contributed by atoms with Crippen LogP contribution in [0.1, 0.15) is 54.1 Å². The van der Waals surface area contributed by atoms with Crippen LogP contribution in [-0.2, 0) is 20.7 Å². The number of methoxy groups -OCH3 is 1. The first-order chi connectivity index (χ1) is 15.0. The number of nitrogens with one attached hydrogen (secondary N) is 1. The van der Waals surface area contributed by atoms with Gasteiger partial charge in [-0.05, 0) is 42.0 Å². The summed E-state index contributed by atoms with van der Waals surface area (Å²) in [5.41, 5.74) is 2.32. The van der Waals surface area contributed by atoms with Gasteiger partial charge in [-0.15, -0.1) is 0 Å². The molecule has 7 heteroatoms. The van der Waals surface area contributed by atoms with Crippen molar-refractivity contribution in [3.05, 3.63) is 69.2 Å². The highest BCUT2D eigenvalue weighted by atomic mass is 35.5. The monoisotopic (exact) mass is 465 g/mol. The predicted molar refractivity (Wildman–Crippen MR) is 124 cm³/mol. The van der Waals surface area contributed by atoms with Crippen LogP contribution in [0.4, 0.5) is 0 Å². The Morgan fingerprint density at radius 2 is 1.65 bits per heavy atom. The molecule has 1 N–H and O–H groups in total. The van der Waals surface area contributed by atoms with Crippen molar-refractivity contribution in [2.45, 2.75) is 45.1 Å². The minimum atomic E-state index is -0.853. The van der Waals surface area contributed by atoms with Crippen LogP contribution in [0.3, 0.4) is 0 Å². The fourth-order valence-corrected chi connectivity index (χ4v) is 4.04. The average Bonchev–Trinajstić information content (AvgIpc) is 2.80. The lowest BCUT2D eigenvalue weighted by molar-refractivity contribution is -0.142. The van der Waals surface area contributed by atoms with Crippen molar-refractivity contribution >= 4 is 35.1 Å². The molecule has 0 saturated carbocycles. The highest BCUT2D eigenvalue weighted by Crippen LogP contribution is 2.27. The lowest BCUT2D eigenvalue weighted by Crippen LogP contribution is -2.43. The Labute approximate surface area is 194 Å². The largest absolute Gasteiger partial charge is 0.467 e. The smallest absolute Gasteiger partial charge is 0.328 e. The van der Waals surface area contributed by atoms with Gasteiger partial charge in [0.1, 0.15) is 6.04 Å². The van der Waals surface area contributed by atoms with Gasteiger partial charge in [-0.3, -0.25) is 4.79 Å². The van der Waals surface area contributed by atoms with Crippen LogP contribution < -0.4 is 5.32 Å². The molecule has 0 aromatic heterocycles. The Morgan fingerprint density at radius 1 is 1.06 bits per heavy atom. The van der Waals surface area contributed by atoms with Gasteiger partial charge in [-0.25, -0.2) is 4.79 Å². The van der Waals surface area contributed by atoms with Crippen molar-refractivity contribution in [2.24, 2.45) is 0 Å². The summed E-state index contributed by atoms with van der Waals surface area (Å²) in [6.07, 6.45) is 2.33. The first-order valence-electron chi connectivity index (χ1n) is 10.5. The maximum absolute atomic E-state index is 12.7. The van der Waals surface area contributed by atoms with Crippen molar-refractivity contribution in [2.75, 3.05) is 20.3 Å². The summed E-state index contributed by atoms with van der Waals surface area (Å²) in [5.74, 6) is -0.555. The third kappa shape index (κ3) is 6.96. The molecule has 1 saturated heterocycles. The minimum Gasteiger partial charge on any atom is -0.467 e. The summed E-state index contributed by atoms with van der Waals surface area (Å²) in [5, 5.41) is 3.14. The Hall–Kier alpha value is -2.08. The van der Waals surface area contributed by atoms with Crippen molar-refractivity contribution in [3.63, 3.8) is 0 Å². The molecular formula is C24H29Cl2NO4. The van der Waals surface area contributed by atoms with Gasteiger partial charge in [0.25, 0.3) is 5.91 Å². The first-order valence-corrected chi connectivity index (χ1v) is 11.2. The molecule has 0 spiro atoms. The number of benzene rings is 2. The van der Waals surface area contributed by atoms with Crippen molar-refractivity contribution in [3.8, 4) is 0 Å². The molecule has 1 heterocycles. The Bertz CT molecular complexity index is 844. The summed E-state index contributed by atoms with van der Waals surface area (Å²) in [7, 11) is 1.29. The molecule has 168 valence electrons. The van der Waals surface area contributed by atoms with Crippen LogP contribution in [0, 0.1) is 0 Å². The summed E-state index contributed by atoms with van der Waals surface area (Å²) in [6.45, 7) is 5.57. The lowest BCUT2D eigenvalue weighted by atomic mass is 9.90. The maximum Gasteiger partial charge on any atom is 0.328 e. The zero-order valence-electron chi connectivity index (χ0n) is 18.1. The molecule has 2 aromatic rings. The highest BCUT2D eigenvalue weighted by Gasteiger charge is 2.25. The van der Waals surface area contributed by atoms with E-state index in [0.29, 0.717) is 12.3 Å². The van der Waals surface area contributed by atoms with Gasteiger partial charge in [0.05, 0.1) is 22.7 Å². The molecule has 3 rings (SSSR count). The summed E-state index contributed by atoms with van der Waals surface area (Å²) in [4.78, 5) is 24.9. The second-order valence-electron chi connectivity index (χ2n) is 6.98. The maximum atomic E-state index is 12.7. The number of amides is 1. The molecule has 5 nitrogen and oxygen atoms in total. The van der Waals surface area contributed by atoms with E-state index in [1.54, 1.807) is 18.2 Å². The average molecular weight is 466 g/mol. The van der Waals surface area contributed by atoms with Gasteiger partial charge in [0, 0.05) is 19.6 Å². The van der Waals surface area contributed by atoms with Crippen molar-refractivity contribution in [1.82, 2.24) is 5.32 Å². The summed E-state index contributed by atoms with van der Waals surface area (Å²) in [6, 6.07) is 12.1. The SMILES string of the molecule is CC.COC(=O)C(Cc1ccc(C2CCOCC2)cc1)NC(=O)c1c(Cl)cccc1Cl. The van der Waals surface area contributed by atoms with Crippen LogP contribution in [0.25, 0.3) is 0 Å². The van der Waals surface area contributed by atoms with E-state index in [-0.39, 0.29) is 15.6 Å². The quantitative estimate of drug-likeness (QED) is 0.577. The second kappa shape index (κ2) is 12.7. The molecule has 0 aliphatic carbocycles. The third-order valence-corrected chi connectivity index (χ3v) is 5.72. The Kier molecular flexibility index (Phi) is 10.3. The number of carbonyl (C=O) groups is 2. The zero-order valence-corrected chi connectivity index (χ0v) is 19.6. The van der Waals surface area contributed by atoms with Crippen molar-refractivity contribution in [1.29, 1.82) is 0 Å². The molecule has 1 amide bonds. The van der Waals surface area contributed by atoms with Crippen LogP contribution in [0.5, 0.6) is 0 Å². The molecule has 0 radical (unpaired) electrons. The van der Waals surface area contributed by atoms with E-state index in [1.165, 1.54) is 12.7 Å². The van der Waals surface area contributed by atoms with E-state index in [9.17, 15) is 9.59 Å². The molecular weight excluding hydrogens is 437 g/mol. The topological polar surface area (TPSA) is 64.6 Å². The molecule has 1 aliphatic rings. The molecule has 31 heavy (non-hydrogen) atoms. The van der Waals surface area contributed by atoms with E-state index in [4.69, 9.17) is 32.7 Å². The van der Waals surface area contributed by atoms with Gasteiger partial charge in [0.2, 0.25) is 0 Å². The fraction of sp³-hybridized carbons (Fsp3) is 0.417. The number of halogens is 2. The van der Waals surface area contributed by atoms with Crippen LogP contribution >= 0.6 is 23.2 Å². The Balaban J connectivity index is 0.00000166. The molecule has 0 bridgehead atoms. The first kappa shape index (κ1) is 25.2. The van der Waals surface area contributed by atoms with Crippen LogP contribution in [0.15, 0.2) is 42.5 Å². The van der Waals surface area contributed by atoms with Gasteiger partial charge >= 0.3 is 5.97 Å². The molecule has 1 unspecified atom stereocenters. The van der Waals surface area contributed by atoms with Gasteiger partial charge in [0.15, 0.2) is 0 Å². The minimum absolute atomic E-state index is 0.139. The van der Waals surface area contributed by atoms with E-state index >= 15 is 0 Å². The molecule has 1 aliphatic heterocycles. The normalized spacial score (nSPS) is 14.7. The molecule has 2 aromatic carbocycles. The van der Waals surface area contributed by atoms with Crippen molar-refractivity contribution < 1.29 is 19.1 Å². The summed E-state index contributed by atoms with van der Waals surface area (Å²) >= 11 is 12.2. The van der Waals surface area contributed by atoms with Crippen LogP contribution in [0.2, 0.25) is 10.0 Å². The number of carbonyl (C=O) groups excluding carboxylic acids is 2.